The summed E-state index contributed by atoms with van der Waals surface area (Å²) in [7, 11) is -3.68. The standard InChI is InChI=1S/C14H21FN2O2S/c1-10-3-2-4-12(7-5-10)17-20(18,19)14-8-6-11(15)9-13(14)16/h6,8-10,12,17H,2-5,7,16H2,1H3. The summed E-state index contributed by atoms with van der Waals surface area (Å²) >= 11 is 0. The zero-order valence-electron chi connectivity index (χ0n) is 11.6. The highest BCUT2D eigenvalue weighted by molar-refractivity contribution is 7.89. The van der Waals surface area contributed by atoms with Crippen LogP contribution in [0.3, 0.4) is 0 Å². The Morgan fingerprint density at radius 2 is 2.00 bits per heavy atom. The third-order valence-corrected chi connectivity index (χ3v) is 5.44. The predicted octanol–water partition coefficient (Wildman–Crippen LogP) is 2.66. The average Bonchev–Trinajstić information content (AvgIpc) is 2.53. The molecule has 2 unspecified atom stereocenters. The first kappa shape index (κ1) is 15.3. The molecule has 1 saturated carbocycles. The fourth-order valence-corrected chi connectivity index (χ4v) is 4.07. The van der Waals surface area contributed by atoms with Crippen LogP contribution < -0.4 is 10.5 Å². The molecule has 112 valence electrons. The van der Waals surface area contributed by atoms with E-state index in [0.29, 0.717) is 5.92 Å². The van der Waals surface area contributed by atoms with Crippen LogP contribution in [0.25, 0.3) is 0 Å². The summed E-state index contributed by atoms with van der Waals surface area (Å²) in [6.07, 6.45) is 4.85. The number of benzene rings is 1. The average molecular weight is 300 g/mol. The van der Waals surface area contributed by atoms with Gasteiger partial charge in [0.05, 0.1) is 5.69 Å². The Hall–Kier alpha value is -1.14. The van der Waals surface area contributed by atoms with Gasteiger partial charge in [0.1, 0.15) is 10.7 Å². The monoisotopic (exact) mass is 300 g/mol. The third-order valence-electron chi connectivity index (χ3n) is 3.84. The Morgan fingerprint density at radius 1 is 1.25 bits per heavy atom. The molecular weight excluding hydrogens is 279 g/mol. The molecule has 2 rings (SSSR count). The molecule has 3 N–H and O–H groups in total. The summed E-state index contributed by atoms with van der Waals surface area (Å²) in [6, 6.07) is 3.30. The molecule has 1 aromatic carbocycles. The van der Waals surface area contributed by atoms with Gasteiger partial charge < -0.3 is 5.73 Å². The van der Waals surface area contributed by atoms with Crippen molar-refractivity contribution >= 4 is 15.7 Å². The highest BCUT2D eigenvalue weighted by Crippen LogP contribution is 2.25. The van der Waals surface area contributed by atoms with Gasteiger partial charge in [-0.15, -0.1) is 0 Å². The van der Waals surface area contributed by atoms with Gasteiger partial charge in [-0.25, -0.2) is 17.5 Å². The zero-order chi connectivity index (χ0) is 14.8. The van der Waals surface area contributed by atoms with Crippen LogP contribution in [0.5, 0.6) is 0 Å². The highest BCUT2D eigenvalue weighted by Gasteiger charge is 2.24. The lowest BCUT2D eigenvalue weighted by molar-refractivity contribution is 0.484. The molecule has 0 radical (unpaired) electrons. The number of hydrogen-bond donors (Lipinski definition) is 2. The maximum absolute atomic E-state index is 13.0. The minimum atomic E-state index is -3.68. The molecule has 4 nitrogen and oxygen atoms in total. The lowest BCUT2D eigenvalue weighted by Crippen LogP contribution is -2.34. The Balaban J connectivity index is 2.14. The van der Waals surface area contributed by atoms with E-state index in [-0.39, 0.29) is 16.6 Å². The van der Waals surface area contributed by atoms with Crippen molar-refractivity contribution in [1.82, 2.24) is 4.72 Å². The van der Waals surface area contributed by atoms with Crippen molar-refractivity contribution in [3.05, 3.63) is 24.0 Å². The summed E-state index contributed by atoms with van der Waals surface area (Å²) in [6.45, 7) is 2.19. The molecule has 0 spiro atoms. The van der Waals surface area contributed by atoms with Gasteiger partial charge in [-0.3, -0.25) is 0 Å². The van der Waals surface area contributed by atoms with E-state index >= 15 is 0 Å². The summed E-state index contributed by atoms with van der Waals surface area (Å²) in [5.74, 6) is 0.102. The molecule has 1 aromatic rings. The highest BCUT2D eigenvalue weighted by atomic mass is 32.2. The predicted molar refractivity (Wildman–Crippen MR) is 77.2 cm³/mol. The van der Waals surface area contributed by atoms with E-state index in [0.717, 1.165) is 44.2 Å². The van der Waals surface area contributed by atoms with Crippen molar-refractivity contribution < 1.29 is 12.8 Å². The smallest absolute Gasteiger partial charge is 0.242 e. The maximum atomic E-state index is 13.0. The SMILES string of the molecule is CC1CCCC(NS(=O)(=O)c2ccc(F)cc2N)CC1. The first-order valence-electron chi connectivity index (χ1n) is 6.96. The number of rotatable bonds is 3. The molecule has 0 aromatic heterocycles. The van der Waals surface area contributed by atoms with Crippen molar-refractivity contribution in [3.8, 4) is 0 Å². The van der Waals surface area contributed by atoms with Gasteiger partial charge in [-0.2, -0.15) is 0 Å². The van der Waals surface area contributed by atoms with Crippen LogP contribution in [0.15, 0.2) is 23.1 Å². The van der Waals surface area contributed by atoms with Crippen molar-refractivity contribution in [1.29, 1.82) is 0 Å². The van der Waals surface area contributed by atoms with Gasteiger partial charge in [-0.05, 0) is 43.4 Å². The van der Waals surface area contributed by atoms with E-state index in [2.05, 4.69) is 11.6 Å². The Kier molecular flexibility index (Phi) is 4.65. The topological polar surface area (TPSA) is 72.2 Å². The first-order chi connectivity index (χ1) is 9.38. The van der Waals surface area contributed by atoms with Crippen LogP contribution in [-0.2, 0) is 10.0 Å². The van der Waals surface area contributed by atoms with Crippen LogP contribution in [0, 0.1) is 11.7 Å². The second kappa shape index (κ2) is 6.10. The number of nitrogens with one attached hydrogen (secondary N) is 1. The number of nitrogens with two attached hydrogens (primary N) is 1. The van der Waals surface area contributed by atoms with Gasteiger partial charge in [-0.1, -0.05) is 19.8 Å². The van der Waals surface area contributed by atoms with Gasteiger partial charge in [0.15, 0.2) is 0 Å². The summed E-state index contributed by atoms with van der Waals surface area (Å²) in [4.78, 5) is -0.0452. The van der Waals surface area contributed by atoms with Crippen LogP contribution in [-0.4, -0.2) is 14.5 Å². The normalized spacial score (nSPS) is 24.3. The van der Waals surface area contributed by atoms with E-state index in [1.165, 1.54) is 6.07 Å². The van der Waals surface area contributed by atoms with Gasteiger partial charge in [0, 0.05) is 6.04 Å². The molecule has 0 aliphatic heterocycles. The second-order valence-electron chi connectivity index (χ2n) is 5.61. The van der Waals surface area contributed by atoms with Crippen LogP contribution in [0.1, 0.15) is 39.0 Å². The molecular formula is C14H21FN2O2S. The first-order valence-corrected chi connectivity index (χ1v) is 8.44. The van der Waals surface area contributed by atoms with Gasteiger partial charge in [0.2, 0.25) is 10.0 Å². The minimum absolute atomic E-state index is 0.0452. The molecule has 20 heavy (non-hydrogen) atoms. The van der Waals surface area contributed by atoms with Gasteiger partial charge in [0.25, 0.3) is 0 Å². The van der Waals surface area contributed by atoms with E-state index in [1.54, 1.807) is 0 Å². The lowest BCUT2D eigenvalue weighted by Gasteiger charge is -2.17. The molecule has 0 amide bonds. The molecule has 6 heteroatoms. The fraction of sp³-hybridized carbons (Fsp3) is 0.571. The van der Waals surface area contributed by atoms with Crippen molar-refractivity contribution in [2.75, 3.05) is 5.73 Å². The quantitative estimate of drug-likeness (QED) is 0.666. The summed E-state index contributed by atoms with van der Waals surface area (Å²) < 4.78 is 40.3. The van der Waals surface area contributed by atoms with Crippen LogP contribution in [0.2, 0.25) is 0 Å². The summed E-state index contributed by atoms with van der Waals surface area (Å²) in [5.41, 5.74) is 5.55. The van der Waals surface area contributed by atoms with Crippen LogP contribution in [0.4, 0.5) is 10.1 Å². The number of nitrogen functional groups attached to an aromatic ring is 1. The molecule has 0 saturated heterocycles. The Bertz CT molecular complexity index is 575. The molecule has 1 aliphatic rings. The number of sulfonamides is 1. The maximum Gasteiger partial charge on any atom is 0.242 e. The van der Waals surface area contributed by atoms with E-state index in [1.807, 2.05) is 0 Å². The van der Waals surface area contributed by atoms with E-state index in [4.69, 9.17) is 5.73 Å². The lowest BCUT2D eigenvalue weighted by atomic mass is 10.0. The van der Waals surface area contributed by atoms with E-state index < -0.39 is 15.8 Å². The molecule has 0 bridgehead atoms. The third kappa shape index (κ3) is 3.70. The molecule has 1 aliphatic carbocycles. The largest absolute Gasteiger partial charge is 0.398 e. The molecule has 2 atom stereocenters. The number of anilines is 1. The Labute approximate surface area is 119 Å². The Morgan fingerprint density at radius 3 is 2.70 bits per heavy atom. The van der Waals surface area contributed by atoms with Gasteiger partial charge >= 0.3 is 0 Å². The molecule has 1 fully saturated rings. The molecule has 0 heterocycles. The van der Waals surface area contributed by atoms with E-state index in [9.17, 15) is 12.8 Å². The van der Waals surface area contributed by atoms with Crippen molar-refractivity contribution in [2.24, 2.45) is 5.92 Å². The minimum Gasteiger partial charge on any atom is -0.398 e. The van der Waals surface area contributed by atoms with Crippen molar-refractivity contribution in [3.63, 3.8) is 0 Å². The van der Waals surface area contributed by atoms with Crippen molar-refractivity contribution in [2.45, 2.75) is 50.0 Å². The zero-order valence-corrected chi connectivity index (χ0v) is 12.4. The summed E-state index contributed by atoms with van der Waals surface area (Å²) in [5, 5.41) is 0. The number of halogens is 1. The number of hydrogen-bond acceptors (Lipinski definition) is 3. The van der Waals surface area contributed by atoms with Crippen LogP contribution >= 0.6 is 0 Å². The fourth-order valence-electron chi connectivity index (χ4n) is 2.65. The second-order valence-corrected chi connectivity index (χ2v) is 7.30.